The molecule has 0 spiro atoms. The van der Waals surface area contributed by atoms with Gasteiger partial charge in [-0.05, 0) is 12.0 Å². The molecule has 7 heteroatoms. The number of amides is 3. The van der Waals surface area contributed by atoms with Crippen molar-refractivity contribution in [2.24, 2.45) is 11.8 Å². The first-order valence-corrected chi connectivity index (χ1v) is 7.10. The van der Waals surface area contributed by atoms with Gasteiger partial charge in [0, 0.05) is 13.1 Å². The summed E-state index contributed by atoms with van der Waals surface area (Å²) < 4.78 is 0. The van der Waals surface area contributed by atoms with Crippen LogP contribution in [-0.4, -0.2) is 41.1 Å². The van der Waals surface area contributed by atoms with E-state index < -0.39 is 35.9 Å². The molecule has 0 aliphatic carbocycles. The van der Waals surface area contributed by atoms with Gasteiger partial charge in [0.1, 0.15) is 0 Å². The van der Waals surface area contributed by atoms with Crippen LogP contribution in [0.15, 0.2) is 30.3 Å². The molecule has 2 heterocycles. The Morgan fingerprint density at radius 1 is 1.27 bits per heavy atom. The minimum Gasteiger partial charge on any atom is -0.481 e. The third-order valence-corrected chi connectivity index (χ3v) is 4.42. The van der Waals surface area contributed by atoms with Crippen LogP contribution in [0.3, 0.4) is 0 Å². The van der Waals surface area contributed by atoms with Gasteiger partial charge < -0.3 is 10.0 Å². The molecule has 0 radical (unpaired) electrons. The molecule has 3 amide bonds. The van der Waals surface area contributed by atoms with Crippen molar-refractivity contribution in [1.29, 1.82) is 0 Å². The normalized spacial score (nSPS) is 31.4. The molecule has 2 aliphatic heterocycles. The van der Waals surface area contributed by atoms with Crippen molar-refractivity contribution in [2.75, 3.05) is 7.05 Å². The highest BCUT2D eigenvalue weighted by Gasteiger charge is 2.51. The zero-order chi connectivity index (χ0) is 15.9. The second kappa shape index (κ2) is 5.42. The molecule has 0 bridgehead atoms. The van der Waals surface area contributed by atoms with E-state index in [0.717, 1.165) is 5.56 Å². The molecule has 22 heavy (non-hydrogen) atoms. The quantitative estimate of drug-likeness (QED) is 0.741. The minimum atomic E-state index is -1.02. The van der Waals surface area contributed by atoms with Crippen LogP contribution in [0.4, 0.5) is 4.79 Å². The second-order valence-electron chi connectivity index (χ2n) is 5.69. The molecule has 2 fully saturated rings. The van der Waals surface area contributed by atoms with Crippen molar-refractivity contribution in [3.05, 3.63) is 35.9 Å². The third-order valence-electron chi connectivity index (χ3n) is 4.42. The van der Waals surface area contributed by atoms with E-state index in [1.165, 1.54) is 4.90 Å². The van der Waals surface area contributed by atoms with Crippen LogP contribution in [0.5, 0.6) is 0 Å². The Balaban J connectivity index is 1.96. The summed E-state index contributed by atoms with van der Waals surface area (Å²) >= 11 is 0. The summed E-state index contributed by atoms with van der Waals surface area (Å²) in [7, 11) is 1.55. The van der Waals surface area contributed by atoms with Crippen molar-refractivity contribution >= 4 is 17.9 Å². The van der Waals surface area contributed by atoms with Crippen molar-refractivity contribution < 1.29 is 19.5 Å². The van der Waals surface area contributed by atoms with Crippen LogP contribution in [-0.2, 0) is 9.59 Å². The molecular weight excluding hydrogens is 286 g/mol. The number of piperidine rings is 1. The summed E-state index contributed by atoms with van der Waals surface area (Å²) in [6.07, 6.45) is -0.322. The summed E-state index contributed by atoms with van der Waals surface area (Å²) in [4.78, 5) is 36.8. The number of urea groups is 1. The molecule has 1 aromatic rings. The van der Waals surface area contributed by atoms with E-state index in [9.17, 15) is 19.5 Å². The number of imide groups is 1. The first-order chi connectivity index (χ1) is 10.5. The van der Waals surface area contributed by atoms with Crippen LogP contribution in [0.25, 0.3) is 0 Å². The first-order valence-electron chi connectivity index (χ1n) is 7.10. The standard InChI is InChI=1S/C15H17N3O4/c1-18-12-11(13(19)17-15(18)22)9(14(20)21)7-10(16-12)8-5-3-2-4-6-8/h2-6,9-12,16H,7H2,1H3,(H,20,21)(H,17,19,22). The number of nitrogens with one attached hydrogen (secondary N) is 2. The van der Waals surface area contributed by atoms with Gasteiger partial charge in [-0.25, -0.2) is 4.79 Å². The average Bonchev–Trinajstić information content (AvgIpc) is 2.52. The van der Waals surface area contributed by atoms with E-state index >= 15 is 0 Å². The Morgan fingerprint density at radius 3 is 2.59 bits per heavy atom. The molecule has 7 nitrogen and oxygen atoms in total. The molecule has 0 aromatic heterocycles. The van der Waals surface area contributed by atoms with Gasteiger partial charge in [-0.15, -0.1) is 0 Å². The predicted octanol–water partition coefficient (Wildman–Crippen LogP) is 0.546. The summed E-state index contributed by atoms with van der Waals surface area (Å²) in [5.74, 6) is -3.18. The maximum Gasteiger partial charge on any atom is 0.325 e. The van der Waals surface area contributed by atoms with E-state index in [4.69, 9.17) is 0 Å². The summed E-state index contributed by atoms with van der Waals surface area (Å²) in [5.41, 5.74) is 0.944. The SMILES string of the molecule is CN1C(=O)NC(=O)C2C(C(=O)O)CC(c3ccccc3)NC21. The smallest absolute Gasteiger partial charge is 0.325 e. The van der Waals surface area contributed by atoms with E-state index in [1.54, 1.807) is 7.05 Å². The van der Waals surface area contributed by atoms with Crippen molar-refractivity contribution in [3.63, 3.8) is 0 Å². The predicted molar refractivity (Wildman–Crippen MR) is 76.6 cm³/mol. The van der Waals surface area contributed by atoms with Crippen LogP contribution in [0.2, 0.25) is 0 Å². The maximum atomic E-state index is 12.1. The van der Waals surface area contributed by atoms with E-state index in [2.05, 4.69) is 10.6 Å². The zero-order valence-electron chi connectivity index (χ0n) is 12.0. The lowest BCUT2D eigenvalue weighted by Gasteiger charge is -2.46. The number of carboxylic acid groups (broad SMARTS) is 1. The molecule has 116 valence electrons. The lowest BCUT2D eigenvalue weighted by molar-refractivity contribution is -0.153. The molecule has 2 saturated heterocycles. The van der Waals surface area contributed by atoms with Gasteiger partial charge in [-0.1, -0.05) is 30.3 Å². The molecule has 1 aromatic carbocycles. The van der Waals surface area contributed by atoms with Gasteiger partial charge >= 0.3 is 12.0 Å². The highest BCUT2D eigenvalue weighted by Crippen LogP contribution is 2.36. The summed E-state index contributed by atoms with van der Waals surface area (Å²) in [5, 5.41) is 15.0. The van der Waals surface area contributed by atoms with Gasteiger partial charge in [-0.2, -0.15) is 0 Å². The minimum absolute atomic E-state index is 0.218. The lowest BCUT2D eigenvalue weighted by Crippen LogP contribution is -2.68. The molecule has 4 atom stereocenters. The highest BCUT2D eigenvalue weighted by molar-refractivity contribution is 6.00. The van der Waals surface area contributed by atoms with Gasteiger partial charge in [0.05, 0.1) is 18.0 Å². The summed E-state index contributed by atoms with van der Waals surface area (Å²) in [6.45, 7) is 0. The highest BCUT2D eigenvalue weighted by atomic mass is 16.4. The molecule has 3 N–H and O–H groups in total. The van der Waals surface area contributed by atoms with E-state index in [-0.39, 0.29) is 6.04 Å². The van der Waals surface area contributed by atoms with Crippen LogP contribution >= 0.6 is 0 Å². The number of carbonyl (C=O) groups is 3. The van der Waals surface area contributed by atoms with Gasteiger partial charge in [0.2, 0.25) is 5.91 Å². The average molecular weight is 303 g/mol. The van der Waals surface area contributed by atoms with E-state index in [0.29, 0.717) is 6.42 Å². The van der Waals surface area contributed by atoms with Crippen molar-refractivity contribution in [2.45, 2.75) is 18.6 Å². The number of rotatable bonds is 2. The molecule has 4 unspecified atom stereocenters. The Morgan fingerprint density at radius 2 is 1.95 bits per heavy atom. The molecular formula is C15H17N3O4. The Labute approximate surface area is 127 Å². The first kappa shape index (κ1) is 14.5. The maximum absolute atomic E-state index is 12.1. The number of carboxylic acids is 1. The number of benzene rings is 1. The fourth-order valence-electron chi connectivity index (χ4n) is 3.25. The Kier molecular flexibility index (Phi) is 3.58. The number of hydrogen-bond acceptors (Lipinski definition) is 4. The molecule has 2 aliphatic rings. The van der Waals surface area contributed by atoms with Crippen molar-refractivity contribution in [3.8, 4) is 0 Å². The number of nitrogens with zero attached hydrogens (tertiary/aromatic N) is 1. The number of fused-ring (bicyclic) bond motifs is 1. The molecule has 0 saturated carbocycles. The number of carbonyl (C=O) groups excluding carboxylic acids is 2. The number of hydrogen-bond donors (Lipinski definition) is 3. The topological polar surface area (TPSA) is 98.7 Å². The van der Waals surface area contributed by atoms with Gasteiger partial charge in [0.15, 0.2) is 0 Å². The Hall–Kier alpha value is -2.41. The lowest BCUT2D eigenvalue weighted by atomic mass is 9.77. The van der Waals surface area contributed by atoms with Crippen molar-refractivity contribution in [1.82, 2.24) is 15.5 Å². The van der Waals surface area contributed by atoms with Crippen LogP contribution in [0, 0.1) is 11.8 Å². The van der Waals surface area contributed by atoms with Gasteiger partial charge in [0.25, 0.3) is 0 Å². The van der Waals surface area contributed by atoms with Crippen LogP contribution in [0.1, 0.15) is 18.0 Å². The zero-order valence-corrected chi connectivity index (χ0v) is 12.0. The van der Waals surface area contributed by atoms with E-state index in [1.807, 2.05) is 30.3 Å². The monoisotopic (exact) mass is 303 g/mol. The Bertz CT molecular complexity index is 618. The van der Waals surface area contributed by atoms with Gasteiger partial charge in [-0.3, -0.25) is 20.2 Å². The molecule has 3 rings (SSSR count). The number of aliphatic carboxylic acids is 1. The second-order valence-corrected chi connectivity index (χ2v) is 5.69. The largest absolute Gasteiger partial charge is 0.481 e. The van der Waals surface area contributed by atoms with Crippen LogP contribution < -0.4 is 10.6 Å². The fourth-order valence-corrected chi connectivity index (χ4v) is 3.25. The summed E-state index contributed by atoms with van der Waals surface area (Å²) in [6, 6.07) is 8.71. The fraction of sp³-hybridized carbons (Fsp3) is 0.400. The third kappa shape index (κ3) is 2.33.